The van der Waals surface area contributed by atoms with E-state index in [2.05, 4.69) is 31.3 Å². The van der Waals surface area contributed by atoms with Crippen molar-refractivity contribution in [3.63, 3.8) is 0 Å². The largest absolute Gasteiger partial charge is 0.497 e. The minimum atomic E-state index is -1.02. The van der Waals surface area contributed by atoms with Crippen LogP contribution in [0.1, 0.15) is 64.5 Å². The van der Waals surface area contributed by atoms with Gasteiger partial charge in [0.15, 0.2) is 0 Å². The summed E-state index contributed by atoms with van der Waals surface area (Å²) < 4.78 is 5.26. The van der Waals surface area contributed by atoms with Crippen LogP contribution in [-0.4, -0.2) is 40.2 Å². The summed E-state index contributed by atoms with van der Waals surface area (Å²) in [6.45, 7) is 8.54. The van der Waals surface area contributed by atoms with Crippen molar-refractivity contribution in [3.8, 4) is 5.75 Å². The van der Waals surface area contributed by atoms with E-state index in [4.69, 9.17) is 9.84 Å². The molecule has 1 aliphatic rings. The maximum absolute atomic E-state index is 13.7. The molecule has 0 radical (unpaired) electrons. The molecule has 1 heterocycles. The number of hydrogen-bond donors (Lipinski definition) is 2. The summed E-state index contributed by atoms with van der Waals surface area (Å²) in [5.41, 5.74) is 3.19. The lowest BCUT2D eigenvalue weighted by atomic mass is 9.88. The van der Waals surface area contributed by atoms with E-state index in [1.54, 1.807) is 7.11 Å². The van der Waals surface area contributed by atoms with E-state index in [1.165, 1.54) is 0 Å². The predicted molar refractivity (Wildman–Crippen MR) is 135 cm³/mol. The van der Waals surface area contributed by atoms with Gasteiger partial charge in [-0.2, -0.15) is 0 Å². The zero-order valence-electron chi connectivity index (χ0n) is 20.9. The number of methoxy groups -OCH3 is 1. The summed E-state index contributed by atoms with van der Waals surface area (Å²) in [7, 11) is 1.64. The van der Waals surface area contributed by atoms with Gasteiger partial charge >= 0.3 is 6.09 Å². The second kappa shape index (κ2) is 10.3. The summed E-state index contributed by atoms with van der Waals surface area (Å²) in [5.74, 6) is 0.866. The number of nitrogens with one attached hydrogen (secondary N) is 1. The topological polar surface area (TPSA) is 78.9 Å². The molecule has 2 aromatic carbocycles. The highest BCUT2D eigenvalue weighted by Crippen LogP contribution is 2.40. The van der Waals surface area contributed by atoms with Crippen molar-refractivity contribution >= 4 is 17.6 Å². The molecule has 0 bridgehead atoms. The lowest BCUT2D eigenvalue weighted by molar-refractivity contribution is -0.128. The van der Waals surface area contributed by atoms with Crippen LogP contribution in [0.25, 0.3) is 5.57 Å². The number of rotatable bonds is 9. The fraction of sp³-hybridized carbons (Fsp3) is 0.429. The van der Waals surface area contributed by atoms with E-state index >= 15 is 0 Å². The van der Waals surface area contributed by atoms with E-state index in [0.717, 1.165) is 34.4 Å². The molecule has 6 heteroatoms. The van der Waals surface area contributed by atoms with Gasteiger partial charge in [0, 0.05) is 29.6 Å². The first kappa shape index (κ1) is 25.3. The molecule has 0 atom stereocenters. The second-order valence-corrected chi connectivity index (χ2v) is 10.2. The van der Waals surface area contributed by atoms with Gasteiger partial charge in [0.05, 0.1) is 7.11 Å². The normalized spacial score (nSPS) is 17.0. The molecule has 0 spiro atoms. The van der Waals surface area contributed by atoms with Crippen LogP contribution >= 0.6 is 0 Å². The van der Waals surface area contributed by atoms with Gasteiger partial charge in [-0.15, -0.1) is 0 Å². The van der Waals surface area contributed by atoms with E-state index in [0.29, 0.717) is 25.8 Å². The monoisotopic (exact) mass is 464 g/mol. The molecule has 6 nitrogen and oxygen atoms in total. The van der Waals surface area contributed by atoms with Crippen LogP contribution in [0, 0.1) is 0 Å². The zero-order chi connectivity index (χ0) is 24.9. The molecule has 2 amide bonds. The van der Waals surface area contributed by atoms with Crippen molar-refractivity contribution in [3.05, 3.63) is 71.3 Å². The molecule has 1 saturated heterocycles. The van der Waals surface area contributed by atoms with Gasteiger partial charge in [0.1, 0.15) is 5.75 Å². The van der Waals surface area contributed by atoms with Crippen molar-refractivity contribution < 1.29 is 19.4 Å². The Bertz CT molecular complexity index is 1040. The van der Waals surface area contributed by atoms with Crippen LogP contribution in [-0.2, 0) is 11.3 Å². The molecule has 2 N–H and O–H groups in total. The van der Waals surface area contributed by atoms with Gasteiger partial charge in [0.25, 0.3) is 5.91 Å². The highest BCUT2D eigenvalue weighted by atomic mass is 16.5. The Morgan fingerprint density at radius 1 is 1.12 bits per heavy atom. The van der Waals surface area contributed by atoms with E-state index in [1.807, 2.05) is 61.2 Å². The fourth-order valence-corrected chi connectivity index (χ4v) is 4.64. The molecule has 0 saturated carbocycles. The molecular weight excluding hydrogens is 428 g/mol. The van der Waals surface area contributed by atoms with Crippen molar-refractivity contribution in [2.24, 2.45) is 0 Å². The standard InChI is InChI=1S/C28H36N2O4/c1-27(2,29-26(32)33)17-9-12-23(21-10-7-6-8-11-21)24-18-28(3,4)30(25(24)31)19-20-13-15-22(34-5)16-14-20/h6-8,10-11,13-16,29H,9,12,17-19H2,1-5H3,(H,32,33)/b24-23-. The second-order valence-electron chi connectivity index (χ2n) is 10.2. The van der Waals surface area contributed by atoms with Gasteiger partial charge in [0.2, 0.25) is 0 Å². The lowest BCUT2D eigenvalue weighted by Gasteiger charge is -2.31. The third-order valence-electron chi connectivity index (χ3n) is 6.50. The van der Waals surface area contributed by atoms with Crippen LogP contribution in [0.5, 0.6) is 5.75 Å². The highest BCUT2D eigenvalue weighted by Gasteiger charge is 2.42. The molecule has 0 aliphatic carbocycles. The minimum Gasteiger partial charge on any atom is -0.497 e. The molecule has 34 heavy (non-hydrogen) atoms. The van der Waals surface area contributed by atoms with Crippen LogP contribution in [0.2, 0.25) is 0 Å². The number of amides is 2. The molecule has 1 fully saturated rings. The molecule has 0 aromatic heterocycles. The Balaban J connectivity index is 1.87. The SMILES string of the molecule is COc1ccc(CN2C(=O)/C(=C(/CCCC(C)(C)NC(=O)O)c3ccccc3)CC2(C)C)cc1. The van der Waals surface area contributed by atoms with Crippen molar-refractivity contribution in [1.29, 1.82) is 0 Å². The molecule has 182 valence electrons. The number of nitrogens with zero attached hydrogens (tertiary/aromatic N) is 1. The zero-order valence-corrected chi connectivity index (χ0v) is 20.9. The lowest BCUT2D eigenvalue weighted by Crippen LogP contribution is -2.42. The van der Waals surface area contributed by atoms with Gasteiger partial charge in [-0.05, 0) is 75.8 Å². The van der Waals surface area contributed by atoms with Crippen LogP contribution in [0.4, 0.5) is 4.79 Å². The third kappa shape index (κ3) is 6.19. The Morgan fingerprint density at radius 3 is 2.35 bits per heavy atom. The molecule has 3 rings (SSSR count). The molecule has 0 unspecified atom stereocenters. The third-order valence-corrected chi connectivity index (χ3v) is 6.50. The number of allylic oxidation sites excluding steroid dienone is 1. The number of likely N-dealkylation sites (tertiary alicyclic amines) is 1. The highest BCUT2D eigenvalue weighted by molar-refractivity contribution is 6.04. The maximum atomic E-state index is 13.7. The Hall–Kier alpha value is -3.28. The van der Waals surface area contributed by atoms with Crippen molar-refractivity contribution in [2.75, 3.05) is 7.11 Å². The fourth-order valence-electron chi connectivity index (χ4n) is 4.64. The Labute approximate surface area is 202 Å². The van der Waals surface area contributed by atoms with Crippen molar-refractivity contribution in [2.45, 2.75) is 71.0 Å². The van der Waals surface area contributed by atoms with Crippen LogP contribution < -0.4 is 10.1 Å². The predicted octanol–water partition coefficient (Wildman–Crippen LogP) is 5.88. The first-order chi connectivity index (χ1) is 16.0. The minimum absolute atomic E-state index is 0.0718. The van der Waals surface area contributed by atoms with E-state index < -0.39 is 11.6 Å². The Kier molecular flexibility index (Phi) is 7.70. The molecule has 1 aliphatic heterocycles. The average Bonchev–Trinajstić information content (AvgIpc) is 3.00. The smallest absolute Gasteiger partial charge is 0.405 e. The Morgan fingerprint density at radius 2 is 1.76 bits per heavy atom. The number of hydrogen-bond acceptors (Lipinski definition) is 3. The van der Waals surface area contributed by atoms with Gasteiger partial charge in [-0.25, -0.2) is 4.79 Å². The van der Waals surface area contributed by atoms with Gasteiger partial charge in [-0.3, -0.25) is 4.79 Å². The van der Waals surface area contributed by atoms with E-state index in [-0.39, 0.29) is 11.4 Å². The first-order valence-electron chi connectivity index (χ1n) is 11.8. The first-order valence-corrected chi connectivity index (χ1v) is 11.8. The quantitative estimate of drug-likeness (QED) is 0.455. The number of carbonyl (C=O) groups is 2. The van der Waals surface area contributed by atoms with Gasteiger partial charge in [-0.1, -0.05) is 42.5 Å². The summed E-state index contributed by atoms with van der Waals surface area (Å²) in [4.78, 5) is 26.8. The number of carboxylic acid groups (broad SMARTS) is 1. The van der Waals surface area contributed by atoms with Crippen LogP contribution in [0.3, 0.4) is 0 Å². The average molecular weight is 465 g/mol. The maximum Gasteiger partial charge on any atom is 0.405 e. The number of benzene rings is 2. The van der Waals surface area contributed by atoms with Crippen molar-refractivity contribution in [1.82, 2.24) is 10.2 Å². The summed E-state index contributed by atoms with van der Waals surface area (Å²) in [6, 6.07) is 17.9. The summed E-state index contributed by atoms with van der Waals surface area (Å²) in [5, 5.41) is 11.7. The number of ether oxygens (including phenoxy) is 1. The summed E-state index contributed by atoms with van der Waals surface area (Å²) >= 11 is 0. The molecular formula is C28H36N2O4. The summed E-state index contributed by atoms with van der Waals surface area (Å²) in [6.07, 6.45) is 1.81. The number of carbonyl (C=O) groups excluding carboxylic acids is 1. The van der Waals surface area contributed by atoms with Crippen LogP contribution in [0.15, 0.2) is 60.2 Å². The van der Waals surface area contributed by atoms with Gasteiger partial charge < -0.3 is 20.1 Å². The molecule has 2 aromatic rings. The van der Waals surface area contributed by atoms with E-state index in [9.17, 15) is 9.59 Å².